The maximum Gasteiger partial charge on any atom is 0.0514 e. The van der Waals surface area contributed by atoms with Crippen molar-refractivity contribution in [3.05, 3.63) is 22.4 Å². The molecule has 0 amide bonds. The van der Waals surface area contributed by atoms with Gasteiger partial charge in [0, 0.05) is 4.88 Å². The van der Waals surface area contributed by atoms with Crippen LogP contribution in [0.3, 0.4) is 0 Å². The molecule has 0 saturated heterocycles. The van der Waals surface area contributed by atoms with Gasteiger partial charge in [-0.3, -0.25) is 0 Å². The van der Waals surface area contributed by atoms with Crippen LogP contribution in [0, 0.1) is 5.41 Å². The van der Waals surface area contributed by atoms with E-state index in [-0.39, 0.29) is 5.54 Å². The third-order valence-electron chi connectivity index (χ3n) is 3.81. The molecule has 2 aliphatic carbocycles. The van der Waals surface area contributed by atoms with Crippen LogP contribution >= 0.6 is 11.3 Å². The van der Waals surface area contributed by atoms with E-state index in [1.807, 2.05) is 11.3 Å². The van der Waals surface area contributed by atoms with Gasteiger partial charge >= 0.3 is 0 Å². The fourth-order valence-electron chi connectivity index (χ4n) is 3.05. The Labute approximate surface area is 83.0 Å². The summed E-state index contributed by atoms with van der Waals surface area (Å²) in [7, 11) is 0. The average Bonchev–Trinajstić information content (AvgIpc) is 2.46. The maximum atomic E-state index is 6.36. The van der Waals surface area contributed by atoms with E-state index in [9.17, 15) is 0 Å². The van der Waals surface area contributed by atoms with Crippen LogP contribution in [0.25, 0.3) is 0 Å². The van der Waals surface area contributed by atoms with Crippen molar-refractivity contribution >= 4 is 11.3 Å². The smallest absolute Gasteiger partial charge is 0.0514 e. The van der Waals surface area contributed by atoms with Gasteiger partial charge in [-0.2, -0.15) is 0 Å². The first kappa shape index (κ1) is 8.01. The predicted octanol–water partition coefficient (Wildman–Crippen LogP) is 2.87. The van der Waals surface area contributed by atoms with Crippen molar-refractivity contribution in [2.45, 2.75) is 37.6 Å². The first-order valence-corrected chi connectivity index (χ1v) is 5.93. The summed E-state index contributed by atoms with van der Waals surface area (Å²) >= 11 is 1.82. The van der Waals surface area contributed by atoms with E-state index in [4.69, 9.17) is 5.73 Å². The monoisotopic (exact) mass is 193 g/mol. The highest BCUT2D eigenvalue weighted by molar-refractivity contribution is 7.10. The summed E-state index contributed by atoms with van der Waals surface area (Å²) in [5.41, 5.74) is 7.09. The summed E-state index contributed by atoms with van der Waals surface area (Å²) in [6.07, 6.45) is 6.76. The van der Waals surface area contributed by atoms with E-state index in [2.05, 4.69) is 17.5 Å². The number of hydrogen-bond donors (Lipinski definition) is 1. The van der Waals surface area contributed by atoms with E-state index >= 15 is 0 Å². The van der Waals surface area contributed by atoms with Crippen LogP contribution in [0.4, 0.5) is 0 Å². The van der Waals surface area contributed by atoms with E-state index in [1.165, 1.54) is 37.0 Å². The number of thiophene rings is 1. The SMILES string of the molecule is NC1(c2cccs2)CC2(CCC2)C1. The highest BCUT2D eigenvalue weighted by Gasteiger charge is 2.56. The van der Waals surface area contributed by atoms with Gasteiger partial charge in [0.05, 0.1) is 5.54 Å². The first-order valence-electron chi connectivity index (χ1n) is 5.06. The fraction of sp³-hybridized carbons (Fsp3) is 0.636. The zero-order valence-corrected chi connectivity index (χ0v) is 8.57. The molecule has 0 unspecified atom stereocenters. The fourth-order valence-corrected chi connectivity index (χ4v) is 3.89. The Balaban J connectivity index is 1.80. The van der Waals surface area contributed by atoms with Crippen molar-refractivity contribution < 1.29 is 0 Å². The highest BCUT2D eigenvalue weighted by atomic mass is 32.1. The van der Waals surface area contributed by atoms with Crippen LogP contribution < -0.4 is 5.73 Å². The minimum absolute atomic E-state index is 0.0502. The van der Waals surface area contributed by atoms with Crippen LogP contribution in [0.2, 0.25) is 0 Å². The lowest BCUT2D eigenvalue weighted by atomic mass is 9.48. The third kappa shape index (κ3) is 1.02. The second-order valence-corrected chi connectivity index (χ2v) is 5.79. The highest BCUT2D eigenvalue weighted by Crippen LogP contribution is 2.63. The second-order valence-electron chi connectivity index (χ2n) is 4.84. The first-order chi connectivity index (χ1) is 6.23. The van der Waals surface area contributed by atoms with Gasteiger partial charge in [-0.1, -0.05) is 12.5 Å². The molecule has 13 heavy (non-hydrogen) atoms. The molecule has 1 nitrogen and oxygen atoms in total. The molecule has 1 aromatic rings. The topological polar surface area (TPSA) is 26.0 Å². The zero-order chi connectivity index (χ0) is 8.94. The molecule has 0 radical (unpaired) electrons. The summed E-state index contributed by atoms with van der Waals surface area (Å²) in [5.74, 6) is 0. The predicted molar refractivity (Wildman–Crippen MR) is 55.7 cm³/mol. The Hall–Kier alpha value is -0.340. The van der Waals surface area contributed by atoms with Crippen molar-refractivity contribution in [1.29, 1.82) is 0 Å². The minimum atomic E-state index is 0.0502. The summed E-state index contributed by atoms with van der Waals surface area (Å²) in [6.45, 7) is 0. The molecule has 2 N–H and O–H groups in total. The van der Waals surface area contributed by atoms with E-state index in [0.29, 0.717) is 5.41 Å². The summed E-state index contributed by atoms with van der Waals surface area (Å²) in [4.78, 5) is 1.39. The normalized spacial score (nSPS) is 28.1. The van der Waals surface area contributed by atoms with E-state index in [0.717, 1.165) is 0 Å². The molecule has 2 heteroatoms. The Bertz CT molecular complexity index is 303. The average molecular weight is 193 g/mol. The molecule has 1 spiro atoms. The van der Waals surface area contributed by atoms with Gasteiger partial charge in [0.25, 0.3) is 0 Å². The summed E-state index contributed by atoms with van der Waals surface area (Å²) < 4.78 is 0. The summed E-state index contributed by atoms with van der Waals surface area (Å²) in [6, 6.07) is 4.30. The van der Waals surface area contributed by atoms with Gasteiger partial charge in [-0.25, -0.2) is 0 Å². The Morgan fingerprint density at radius 3 is 2.54 bits per heavy atom. The van der Waals surface area contributed by atoms with Gasteiger partial charge < -0.3 is 5.73 Å². The molecular formula is C11H15NS. The molecule has 2 fully saturated rings. The zero-order valence-electron chi connectivity index (χ0n) is 7.75. The molecule has 2 saturated carbocycles. The quantitative estimate of drug-likeness (QED) is 0.729. The molecule has 70 valence electrons. The van der Waals surface area contributed by atoms with Crippen molar-refractivity contribution in [1.82, 2.24) is 0 Å². The third-order valence-corrected chi connectivity index (χ3v) is 4.90. The summed E-state index contributed by atoms with van der Waals surface area (Å²) in [5, 5.41) is 2.13. The second kappa shape index (κ2) is 2.37. The molecule has 0 bridgehead atoms. The molecule has 1 heterocycles. The Morgan fingerprint density at radius 1 is 1.31 bits per heavy atom. The van der Waals surface area contributed by atoms with Gasteiger partial charge in [-0.05, 0) is 42.5 Å². The van der Waals surface area contributed by atoms with Gasteiger partial charge in [0.1, 0.15) is 0 Å². The molecule has 3 rings (SSSR count). The van der Waals surface area contributed by atoms with Crippen LogP contribution in [-0.2, 0) is 5.54 Å². The molecular weight excluding hydrogens is 178 g/mol. The van der Waals surface area contributed by atoms with Crippen molar-refractivity contribution in [2.24, 2.45) is 11.1 Å². The molecule has 1 aromatic heterocycles. The van der Waals surface area contributed by atoms with Crippen LogP contribution in [0.1, 0.15) is 37.0 Å². The maximum absolute atomic E-state index is 6.36. The molecule has 0 aromatic carbocycles. The lowest BCUT2D eigenvalue weighted by Crippen LogP contribution is -2.57. The lowest BCUT2D eigenvalue weighted by molar-refractivity contribution is -0.0445. The van der Waals surface area contributed by atoms with E-state index in [1.54, 1.807) is 0 Å². The molecule has 0 atom stereocenters. The number of nitrogens with two attached hydrogens (primary N) is 1. The number of rotatable bonds is 1. The van der Waals surface area contributed by atoms with Crippen LogP contribution in [-0.4, -0.2) is 0 Å². The van der Waals surface area contributed by atoms with E-state index < -0.39 is 0 Å². The standard InChI is InChI=1S/C11H15NS/c12-11(9-3-1-6-13-9)7-10(8-11)4-2-5-10/h1,3,6H,2,4-5,7-8,12H2. The molecule has 2 aliphatic rings. The molecule has 0 aliphatic heterocycles. The van der Waals surface area contributed by atoms with Crippen molar-refractivity contribution in [3.63, 3.8) is 0 Å². The van der Waals surface area contributed by atoms with Gasteiger partial charge in [-0.15, -0.1) is 11.3 Å². The van der Waals surface area contributed by atoms with Crippen LogP contribution in [0.15, 0.2) is 17.5 Å². The minimum Gasteiger partial charge on any atom is -0.321 e. The Morgan fingerprint density at radius 2 is 2.08 bits per heavy atom. The number of hydrogen-bond acceptors (Lipinski definition) is 2. The lowest BCUT2D eigenvalue weighted by Gasteiger charge is -2.59. The van der Waals surface area contributed by atoms with Gasteiger partial charge in [0.15, 0.2) is 0 Å². The van der Waals surface area contributed by atoms with Crippen LogP contribution in [0.5, 0.6) is 0 Å². The van der Waals surface area contributed by atoms with Crippen molar-refractivity contribution in [3.8, 4) is 0 Å². The van der Waals surface area contributed by atoms with Gasteiger partial charge in [0.2, 0.25) is 0 Å². The Kier molecular flexibility index (Phi) is 1.46. The van der Waals surface area contributed by atoms with Crippen molar-refractivity contribution in [2.75, 3.05) is 0 Å². The largest absolute Gasteiger partial charge is 0.321 e.